The van der Waals surface area contributed by atoms with Gasteiger partial charge in [-0.15, -0.1) is 0 Å². The molecule has 1 fully saturated rings. The van der Waals surface area contributed by atoms with E-state index in [9.17, 15) is 14.0 Å². The van der Waals surface area contributed by atoms with Crippen molar-refractivity contribution in [3.63, 3.8) is 0 Å². The Morgan fingerprint density at radius 3 is 2.65 bits per heavy atom. The standard InChI is InChI=1S/C24H26FN5O4/c1-33-19-5-3-2-4-16(19)24(32)28-12-14-6-8-15(9-7-14)21-20(23(27)31)22(26)30(29-21)18-10-11-34-13-17(18)25/h2-9,17-18H,10-13,26H2,1H3,(H2,27,31)(H,28,32)/t17-,18-/m1/s1. The van der Waals surface area contributed by atoms with Crippen LogP contribution in [0.5, 0.6) is 5.75 Å². The Kier molecular flexibility index (Phi) is 6.78. The van der Waals surface area contributed by atoms with E-state index in [1.165, 1.54) is 11.8 Å². The highest BCUT2D eigenvalue weighted by atomic mass is 19.1. The summed E-state index contributed by atoms with van der Waals surface area (Å²) in [5, 5.41) is 7.30. The van der Waals surface area contributed by atoms with Gasteiger partial charge in [0, 0.05) is 18.7 Å². The van der Waals surface area contributed by atoms with Gasteiger partial charge in [-0.25, -0.2) is 9.07 Å². The summed E-state index contributed by atoms with van der Waals surface area (Å²) in [6, 6.07) is 13.4. The summed E-state index contributed by atoms with van der Waals surface area (Å²) in [5.74, 6) is -0.483. The van der Waals surface area contributed by atoms with Crippen molar-refractivity contribution in [2.75, 3.05) is 26.1 Å². The molecule has 34 heavy (non-hydrogen) atoms. The number of carbonyl (C=O) groups is 2. The highest BCUT2D eigenvalue weighted by Gasteiger charge is 2.32. The van der Waals surface area contributed by atoms with E-state index in [0.717, 1.165) is 5.56 Å². The number of rotatable bonds is 7. The largest absolute Gasteiger partial charge is 0.496 e. The molecule has 0 saturated carbocycles. The predicted octanol–water partition coefficient (Wildman–Crippen LogP) is 2.47. The van der Waals surface area contributed by atoms with Gasteiger partial charge in [-0.3, -0.25) is 9.59 Å². The van der Waals surface area contributed by atoms with Crippen molar-refractivity contribution < 1.29 is 23.5 Å². The fraction of sp³-hybridized carbons (Fsp3) is 0.292. The highest BCUT2D eigenvalue weighted by Crippen LogP contribution is 2.33. The minimum absolute atomic E-state index is 0.0326. The van der Waals surface area contributed by atoms with E-state index in [-0.39, 0.29) is 36.1 Å². The number of nitrogens with two attached hydrogens (primary N) is 2. The minimum atomic E-state index is -1.29. The van der Waals surface area contributed by atoms with Gasteiger partial charge in [0.05, 0.1) is 25.3 Å². The normalized spacial score (nSPS) is 17.8. The molecular weight excluding hydrogens is 441 g/mol. The van der Waals surface area contributed by atoms with Crippen molar-refractivity contribution in [3.05, 3.63) is 65.2 Å². The average molecular weight is 468 g/mol. The van der Waals surface area contributed by atoms with Crippen LogP contribution in [0.2, 0.25) is 0 Å². The molecular formula is C24H26FN5O4. The molecule has 2 amide bonds. The molecule has 0 aliphatic carbocycles. The molecule has 0 unspecified atom stereocenters. The Hall–Kier alpha value is -3.92. The smallest absolute Gasteiger partial charge is 0.255 e. The zero-order valence-corrected chi connectivity index (χ0v) is 18.7. The summed E-state index contributed by atoms with van der Waals surface area (Å²) in [6.45, 7) is 0.601. The number of nitrogen functional groups attached to an aromatic ring is 1. The number of carbonyl (C=O) groups excluding carboxylic acids is 2. The number of benzene rings is 2. The van der Waals surface area contributed by atoms with Crippen LogP contribution in [0.4, 0.5) is 10.2 Å². The molecule has 0 spiro atoms. The number of halogens is 1. The molecule has 178 valence electrons. The summed E-state index contributed by atoms with van der Waals surface area (Å²) in [4.78, 5) is 24.7. The fourth-order valence-corrected chi connectivity index (χ4v) is 4.00. The lowest BCUT2D eigenvalue weighted by Gasteiger charge is -2.27. The molecule has 2 heterocycles. The number of anilines is 1. The van der Waals surface area contributed by atoms with Crippen LogP contribution in [0, 0.1) is 0 Å². The van der Waals surface area contributed by atoms with Gasteiger partial charge in [-0.2, -0.15) is 5.10 Å². The van der Waals surface area contributed by atoms with Crippen LogP contribution in [0.25, 0.3) is 11.3 Å². The average Bonchev–Trinajstić information content (AvgIpc) is 3.20. The topological polar surface area (TPSA) is 134 Å². The van der Waals surface area contributed by atoms with Gasteiger partial charge < -0.3 is 26.3 Å². The van der Waals surface area contributed by atoms with Crippen molar-refractivity contribution >= 4 is 17.6 Å². The van der Waals surface area contributed by atoms with E-state index in [1.807, 2.05) is 0 Å². The number of hydrogen-bond donors (Lipinski definition) is 3. The second kappa shape index (κ2) is 9.92. The minimum Gasteiger partial charge on any atom is -0.496 e. The maximum absolute atomic E-state index is 14.4. The lowest BCUT2D eigenvalue weighted by molar-refractivity contribution is 0.000592. The van der Waals surface area contributed by atoms with Crippen LogP contribution >= 0.6 is 0 Å². The van der Waals surface area contributed by atoms with E-state index in [0.29, 0.717) is 29.9 Å². The first-order chi connectivity index (χ1) is 16.4. The van der Waals surface area contributed by atoms with Crippen LogP contribution in [-0.4, -0.2) is 48.1 Å². The molecule has 1 aromatic heterocycles. The van der Waals surface area contributed by atoms with Crippen molar-refractivity contribution in [1.82, 2.24) is 15.1 Å². The fourth-order valence-electron chi connectivity index (χ4n) is 4.00. The predicted molar refractivity (Wildman–Crippen MR) is 124 cm³/mol. The third kappa shape index (κ3) is 4.58. The van der Waals surface area contributed by atoms with E-state index in [4.69, 9.17) is 20.9 Å². The van der Waals surface area contributed by atoms with Gasteiger partial charge in [-0.05, 0) is 24.1 Å². The number of nitrogens with zero attached hydrogens (tertiary/aromatic N) is 2. The highest BCUT2D eigenvalue weighted by molar-refractivity contribution is 6.03. The number of amides is 2. The van der Waals surface area contributed by atoms with E-state index < -0.39 is 18.1 Å². The molecule has 4 rings (SSSR count). The summed E-state index contributed by atoms with van der Waals surface area (Å²) >= 11 is 0. The monoisotopic (exact) mass is 467 g/mol. The molecule has 9 nitrogen and oxygen atoms in total. The second-order valence-corrected chi connectivity index (χ2v) is 7.94. The Morgan fingerprint density at radius 1 is 1.24 bits per heavy atom. The quantitative estimate of drug-likeness (QED) is 0.489. The number of ether oxygens (including phenoxy) is 2. The van der Waals surface area contributed by atoms with Crippen LogP contribution in [0.3, 0.4) is 0 Å². The van der Waals surface area contributed by atoms with Gasteiger partial charge >= 0.3 is 0 Å². The maximum Gasteiger partial charge on any atom is 0.255 e. The first kappa shape index (κ1) is 23.2. The number of para-hydroxylation sites is 1. The Labute approximate surface area is 195 Å². The van der Waals surface area contributed by atoms with E-state index >= 15 is 0 Å². The van der Waals surface area contributed by atoms with Gasteiger partial charge in [-0.1, -0.05) is 36.4 Å². The third-order valence-electron chi connectivity index (χ3n) is 5.79. The van der Waals surface area contributed by atoms with Crippen LogP contribution in [0.15, 0.2) is 48.5 Å². The molecule has 0 radical (unpaired) electrons. The van der Waals surface area contributed by atoms with Crippen LogP contribution in [-0.2, 0) is 11.3 Å². The maximum atomic E-state index is 14.4. The molecule has 10 heteroatoms. The van der Waals surface area contributed by atoms with Crippen molar-refractivity contribution in [2.24, 2.45) is 5.73 Å². The number of nitrogens with one attached hydrogen (secondary N) is 1. The zero-order chi connectivity index (χ0) is 24.2. The molecule has 1 aliphatic heterocycles. The van der Waals surface area contributed by atoms with Crippen molar-refractivity contribution in [2.45, 2.75) is 25.2 Å². The molecule has 0 bridgehead atoms. The Morgan fingerprint density at radius 2 is 1.97 bits per heavy atom. The Balaban J connectivity index is 1.54. The van der Waals surface area contributed by atoms with Crippen LogP contribution < -0.4 is 21.5 Å². The lowest BCUT2D eigenvalue weighted by atomic mass is 10.0. The molecule has 5 N–H and O–H groups in total. The summed E-state index contributed by atoms with van der Waals surface area (Å²) in [5.41, 5.74) is 13.9. The first-order valence-corrected chi connectivity index (χ1v) is 10.8. The molecule has 1 saturated heterocycles. The molecule has 2 atom stereocenters. The number of alkyl halides is 1. The second-order valence-electron chi connectivity index (χ2n) is 7.94. The number of methoxy groups -OCH3 is 1. The van der Waals surface area contributed by atoms with Gasteiger partial charge in [0.15, 0.2) is 0 Å². The third-order valence-corrected chi connectivity index (χ3v) is 5.79. The summed E-state index contributed by atoms with van der Waals surface area (Å²) in [7, 11) is 1.51. The zero-order valence-electron chi connectivity index (χ0n) is 18.7. The summed E-state index contributed by atoms with van der Waals surface area (Å²) < 4.78 is 26.1. The van der Waals surface area contributed by atoms with Gasteiger partial charge in [0.1, 0.15) is 29.0 Å². The molecule has 3 aromatic rings. The van der Waals surface area contributed by atoms with Gasteiger partial charge in [0.2, 0.25) is 0 Å². The first-order valence-electron chi connectivity index (χ1n) is 10.8. The van der Waals surface area contributed by atoms with Crippen molar-refractivity contribution in [3.8, 4) is 17.0 Å². The number of aromatic nitrogens is 2. The molecule has 2 aromatic carbocycles. The lowest BCUT2D eigenvalue weighted by Crippen LogP contribution is -2.32. The number of hydrogen-bond acceptors (Lipinski definition) is 6. The van der Waals surface area contributed by atoms with E-state index in [2.05, 4.69) is 10.4 Å². The van der Waals surface area contributed by atoms with Crippen molar-refractivity contribution in [1.29, 1.82) is 0 Å². The summed E-state index contributed by atoms with van der Waals surface area (Å²) in [6.07, 6.45) is -0.908. The van der Waals surface area contributed by atoms with E-state index in [1.54, 1.807) is 48.5 Å². The SMILES string of the molecule is COc1ccccc1C(=O)NCc1ccc(-c2nn([C@@H]3CCOC[C@H]3F)c(N)c2C(N)=O)cc1. The Bertz CT molecular complexity index is 1190. The molecule has 1 aliphatic rings. The van der Waals surface area contributed by atoms with Gasteiger partial charge in [0.25, 0.3) is 11.8 Å². The number of primary amides is 1. The van der Waals surface area contributed by atoms with Crippen LogP contribution in [0.1, 0.15) is 38.7 Å².